The van der Waals surface area contributed by atoms with Crippen molar-refractivity contribution in [2.24, 2.45) is 28.7 Å². The Labute approximate surface area is 309 Å². The minimum absolute atomic E-state index is 0.00129. The van der Waals surface area contributed by atoms with Crippen LogP contribution in [-0.4, -0.2) is 220 Å². The third-order valence-corrected chi connectivity index (χ3v) is 10.0. The number of nitrogens with two attached hydrogens (primary N) is 5. The fourth-order valence-electron chi connectivity index (χ4n) is 6.82. The van der Waals surface area contributed by atoms with Gasteiger partial charge in [0, 0.05) is 32.2 Å². The van der Waals surface area contributed by atoms with Gasteiger partial charge in [-0.2, -0.15) is 0 Å². The number of alkyl halides is 1. The maximum absolute atomic E-state index is 14.1. The number of aliphatic hydroxyl groups is 9. The molecule has 2 unspecified atom stereocenters. The molecule has 4 rings (SSSR count). The molecule has 1 saturated carbocycles. The number of aliphatic hydroxyl groups excluding tert-OH is 9. The van der Waals surface area contributed by atoms with Crippen LogP contribution in [0.4, 0.5) is 4.39 Å². The molecule has 3 aliphatic heterocycles. The van der Waals surface area contributed by atoms with Crippen LogP contribution in [0.15, 0.2) is 0 Å². The summed E-state index contributed by atoms with van der Waals surface area (Å²) in [5.74, 6) is -1.21. The van der Waals surface area contributed by atoms with E-state index >= 15 is 0 Å². The molecule has 0 spiro atoms. The number of halogens is 1. The molecule has 3 saturated heterocycles. The van der Waals surface area contributed by atoms with E-state index in [1.807, 2.05) is 0 Å². The first-order valence-electron chi connectivity index (χ1n) is 17.8. The normalized spacial score (nSPS) is 44.8. The van der Waals surface area contributed by atoms with Crippen molar-refractivity contribution in [1.82, 2.24) is 10.6 Å². The van der Waals surface area contributed by atoms with Gasteiger partial charge in [-0.25, -0.2) is 4.39 Å². The summed E-state index contributed by atoms with van der Waals surface area (Å²) in [6.07, 6.45) is -25.4. The summed E-state index contributed by atoms with van der Waals surface area (Å²) >= 11 is 0. The van der Waals surface area contributed by atoms with Gasteiger partial charge in [-0.15, -0.1) is 0 Å². The molecule has 0 radical (unpaired) electrons. The predicted octanol–water partition coefficient (Wildman–Crippen LogP) is -10.1. The van der Waals surface area contributed by atoms with Gasteiger partial charge in [-0.05, 0) is 12.8 Å². The summed E-state index contributed by atoms with van der Waals surface area (Å²) in [6, 6.07) is -4.70. The van der Waals surface area contributed by atoms with E-state index in [1.54, 1.807) is 0 Å². The van der Waals surface area contributed by atoms with E-state index in [4.69, 9.17) is 62.2 Å². The number of carbonyl (C=O) groups excluding carboxylic acids is 1. The van der Waals surface area contributed by atoms with Crippen molar-refractivity contribution in [3.63, 3.8) is 0 Å². The van der Waals surface area contributed by atoms with Crippen LogP contribution in [-0.2, 0) is 33.2 Å². The van der Waals surface area contributed by atoms with E-state index in [0.29, 0.717) is 0 Å². The minimum atomic E-state index is -2.19. The second kappa shape index (κ2) is 20.3. The van der Waals surface area contributed by atoms with Crippen molar-refractivity contribution >= 4 is 5.91 Å². The molecule has 0 aromatic heterocycles. The van der Waals surface area contributed by atoms with Crippen LogP contribution in [0.3, 0.4) is 0 Å². The number of amides is 1. The van der Waals surface area contributed by atoms with Gasteiger partial charge in [-0.1, -0.05) is 0 Å². The highest BCUT2D eigenvalue weighted by Crippen LogP contribution is 2.34. The molecule has 0 bridgehead atoms. The van der Waals surface area contributed by atoms with E-state index in [-0.39, 0.29) is 32.5 Å². The Morgan fingerprint density at radius 1 is 0.778 bits per heavy atom. The maximum atomic E-state index is 14.1. The van der Waals surface area contributed by atoms with Gasteiger partial charge in [0.2, 0.25) is 0 Å². The van der Waals surface area contributed by atoms with Crippen LogP contribution in [0.2, 0.25) is 0 Å². The topological polar surface area (TPSA) is 409 Å². The van der Waals surface area contributed by atoms with Gasteiger partial charge >= 0.3 is 0 Å². The number of ether oxygens (including phenoxy) is 6. The largest absolute Gasteiger partial charge is 0.394 e. The summed E-state index contributed by atoms with van der Waals surface area (Å²) in [6.45, 7) is -2.17. The van der Waals surface area contributed by atoms with Crippen molar-refractivity contribution in [2.75, 3.05) is 39.4 Å². The van der Waals surface area contributed by atoms with Gasteiger partial charge in [0.1, 0.15) is 61.1 Å². The Hall–Kier alpha value is -1.44. The molecule has 24 heteroatoms. The van der Waals surface area contributed by atoms with Gasteiger partial charge in [0.05, 0.1) is 49.7 Å². The lowest BCUT2D eigenvalue weighted by molar-refractivity contribution is -0.296. The van der Waals surface area contributed by atoms with Crippen molar-refractivity contribution in [3.8, 4) is 0 Å². The lowest BCUT2D eigenvalue weighted by Gasteiger charge is -2.47. The van der Waals surface area contributed by atoms with Crippen molar-refractivity contribution < 1.29 is 83.6 Å². The summed E-state index contributed by atoms with van der Waals surface area (Å²) < 4.78 is 49.4. The number of hydrogen-bond acceptors (Lipinski definition) is 22. The molecule has 316 valence electrons. The average Bonchev–Trinajstić information content (AvgIpc) is 3.45. The van der Waals surface area contributed by atoms with E-state index < -0.39 is 154 Å². The number of rotatable bonds is 17. The molecule has 1 aliphatic carbocycles. The highest BCUT2D eigenvalue weighted by molar-refractivity contribution is 5.81. The molecule has 1 amide bonds. The van der Waals surface area contributed by atoms with E-state index in [0.717, 1.165) is 0 Å². The second-order valence-electron chi connectivity index (χ2n) is 14.1. The molecule has 23 nitrogen and oxygen atoms in total. The Balaban J connectivity index is 1.55. The Bertz CT molecular complexity index is 1160. The second-order valence-corrected chi connectivity index (χ2v) is 14.1. The first-order valence-corrected chi connectivity index (χ1v) is 17.8. The summed E-state index contributed by atoms with van der Waals surface area (Å²) in [5.41, 5.74) is 29.7. The van der Waals surface area contributed by atoms with Gasteiger partial charge in [-0.3, -0.25) is 4.79 Å². The summed E-state index contributed by atoms with van der Waals surface area (Å²) in [5, 5.41) is 98.4. The van der Waals surface area contributed by atoms with Crippen molar-refractivity contribution in [2.45, 2.75) is 141 Å². The Morgan fingerprint density at radius 2 is 1.41 bits per heavy atom. The first kappa shape index (κ1) is 45.3. The van der Waals surface area contributed by atoms with E-state index in [1.165, 1.54) is 0 Å². The number of hydrogen-bond donors (Lipinski definition) is 16. The SMILES string of the molecule is NC[C@@H]1O[C@H](O[C@H]2[C@@H](O)[C@H](O[C@@H]3[C@@H](O)[C@H](NC(=O)C(O)[C@@H](F)CN)C[C@H](N)[C@H]3O[C@H]3O[C@H](CNCC(O)CO)[C@@H](O)C[C@H]3N)O[C@@H]2CO)[C@H](N)[C@@H](O)[C@@H]1O. The zero-order chi connectivity index (χ0) is 40.0. The molecule has 21 atom stereocenters. The van der Waals surface area contributed by atoms with Gasteiger partial charge in [0.15, 0.2) is 25.0 Å². The highest BCUT2D eigenvalue weighted by Gasteiger charge is 2.54. The van der Waals surface area contributed by atoms with Crippen LogP contribution in [0, 0.1) is 0 Å². The molecule has 3 heterocycles. The third-order valence-electron chi connectivity index (χ3n) is 10.0. The fourth-order valence-corrected chi connectivity index (χ4v) is 6.82. The third kappa shape index (κ3) is 10.5. The zero-order valence-electron chi connectivity index (χ0n) is 29.4. The Kier molecular flexibility index (Phi) is 17.0. The molecule has 0 aromatic rings. The molecular formula is C30H58FN7O16. The van der Waals surface area contributed by atoms with Crippen LogP contribution < -0.4 is 39.3 Å². The molecular weight excluding hydrogens is 733 g/mol. The van der Waals surface area contributed by atoms with Crippen LogP contribution in [0.1, 0.15) is 12.8 Å². The maximum Gasteiger partial charge on any atom is 0.252 e. The van der Waals surface area contributed by atoms with Crippen LogP contribution in [0.5, 0.6) is 0 Å². The zero-order valence-corrected chi connectivity index (χ0v) is 29.4. The minimum Gasteiger partial charge on any atom is -0.394 e. The molecule has 21 N–H and O–H groups in total. The highest BCUT2D eigenvalue weighted by atomic mass is 19.1. The Morgan fingerprint density at radius 3 is 2.04 bits per heavy atom. The van der Waals surface area contributed by atoms with Crippen molar-refractivity contribution in [1.29, 1.82) is 0 Å². The van der Waals surface area contributed by atoms with Gasteiger partial charge in [0.25, 0.3) is 5.91 Å². The summed E-state index contributed by atoms with van der Waals surface area (Å²) in [4.78, 5) is 12.7. The lowest BCUT2D eigenvalue weighted by atomic mass is 9.83. The van der Waals surface area contributed by atoms with Crippen LogP contribution in [0.25, 0.3) is 0 Å². The predicted molar refractivity (Wildman–Crippen MR) is 178 cm³/mol. The van der Waals surface area contributed by atoms with Crippen LogP contribution >= 0.6 is 0 Å². The number of nitrogens with one attached hydrogen (secondary N) is 2. The monoisotopic (exact) mass is 791 g/mol. The smallest absolute Gasteiger partial charge is 0.252 e. The standard InChI is InChI=1S/C30H58FN7O16/c31-10(3-32)19(43)27(48)38-13-1-11(34)24(52-28-12(35)2-14(42)16(50-28)6-37-5-9(41)7-39)26(20(13)44)54-30-23(47)25(17(8-40)51-30)53-29-18(36)22(46)21(45)15(4-33)49-29/h9-26,28-30,37,39-47H,1-8,32-36H2,(H,38,48)/t9?,10-,11-,12+,13+,14-,15-,16+,17+,18+,19?,20-,21+,22+,23+,24+,25+,26+,28+,29+,30-/m0/s1. The quantitative estimate of drug-likeness (QED) is 0.0650. The molecule has 4 fully saturated rings. The molecule has 4 aliphatic rings. The van der Waals surface area contributed by atoms with Crippen molar-refractivity contribution in [3.05, 3.63) is 0 Å². The average molecular weight is 792 g/mol. The lowest BCUT2D eigenvalue weighted by Crippen LogP contribution is -2.67. The van der Waals surface area contributed by atoms with E-state index in [2.05, 4.69) is 10.6 Å². The fraction of sp³-hybridized carbons (Fsp3) is 0.967. The first-order chi connectivity index (χ1) is 25.6. The van der Waals surface area contributed by atoms with E-state index in [9.17, 15) is 50.0 Å². The molecule has 0 aromatic carbocycles. The van der Waals surface area contributed by atoms with Gasteiger partial charge < -0.3 is 114 Å². The summed E-state index contributed by atoms with van der Waals surface area (Å²) in [7, 11) is 0. The number of carbonyl (C=O) groups is 1. The molecule has 54 heavy (non-hydrogen) atoms.